The second kappa shape index (κ2) is 12.8. The van der Waals surface area contributed by atoms with Crippen LogP contribution in [0.2, 0.25) is 10.0 Å². The summed E-state index contributed by atoms with van der Waals surface area (Å²) in [6.45, 7) is 1.96. The van der Waals surface area contributed by atoms with E-state index in [1.165, 1.54) is 17.0 Å². The number of amides is 3. The maximum Gasteiger partial charge on any atom is 0.269 e. The van der Waals surface area contributed by atoms with Crippen molar-refractivity contribution < 1.29 is 22.8 Å². The highest BCUT2D eigenvalue weighted by Gasteiger charge is 2.40. The molecular weight excluding hydrogens is 573 g/mol. The van der Waals surface area contributed by atoms with Gasteiger partial charge in [0.15, 0.2) is 0 Å². The minimum absolute atomic E-state index is 0.0294. The lowest BCUT2D eigenvalue weighted by molar-refractivity contribution is -0.141. The molecule has 0 radical (unpaired) electrons. The fraction of sp³-hybridized carbons (Fsp3) is 0.276. The molecule has 0 aromatic heterocycles. The van der Waals surface area contributed by atoms with Crippen molar-refractivity contribution in [3.05, 3.63) is 99.5 Å². The van der Waals surface area contributed by atoms with Crippen molar-refractivity contribution in [3.63, 3.8) is 0 Å². The van der Waals surface area contributed by atoms with Crippen molar-refractivity contribution >= 4 is 50.9 Å². The molecule has 1 N–H and O–H groups in total. The van der Waals surface area contributed by atoms with Crippen LogP contribution >= 0.6 is 23.2 Å². The monoisotopic (exact) mass is 601 g/mol. The molecule has 8 nitrogen and oxygen atoms in total. The van der Waals surface area contributed by atoms with Gasteiger partial charge in [-0.3, -0.25) is 14.4 Å². The van der Waals surface area contributed by atoms with E-state index in [9.17, 15) is 22.8 Å². The van der Waals surface area contributed by atoms with Crippen molar-refractivity contribution in [2.45, 2.75) is 43.7 Å². The number of rotatable bonds is 11. The Kier molecular flexibility index (Phi) is 9.50. The Labute approximate surface area is 243 Å². The van der Waals surface area contributed by atoms with E-state index in [0.717, 1.165) is 9.87 Å². The van der Waals surface area contributed by atoms with Gasteiger partial charge in [0.05, 0.1) is 5.56 Å². The van der Waals surface area contributed by atoms with Crippen LogP contribution in [0.15, 0.2) is 77.7 Å². The van der Waals surface area contributed by atoms with Gasteiger partial charge in [-0.05, 0) is 43.2 Å². The first-order chi connectivity index (χ1) is 19.1. The number of hydrogen-bond donors (Lipinski definition) is 1. The van der Waals surface area contributed by atoms with Crippen LogP contribution in [0, 0.1) is 0 Å². The van der Waals surface area contributed by atoms with Crippen LogP contribution < -0.4 is 5.32 Å². The minimum Gasteiger partial charge on any atom is -0.355 e. The number of nitrogens with one attached hydrogen (secondary N) is 1. The summed E-state index contributed by atoms with van der Waals surface area (Å²) >= 11 is 12.9. The van der Waals surface area contributed by atoms with Crippen molar-refractivity contribution in [3.8, 4) is 0 Å². The van der Waals surface area contributed by atoms with E-state index in [-0.39, 0.29) is 48.7 Å². The van der Waals surface area contributed by atoms with E-state index in [4.69, 9.17) is 23.2 Å². The van der Waals surface area contributed by atoms with Crippen LogP contribution in [0.3, 0.4) is 0 Å². The van der Waals surface area contributed by atoms with Crippen LogP contribution in [0.25, 0.3) is 0 Å². The number of hydrogen-bond acceptors (Lipinski definition) is 5. The lowest BCUT2D eigenvalue weighted by atomic mass is 10.0. The molecule has 0 saturated heterocycles. The van der Waals surface area contributed by atoms with Crippen LogP contribution in [-0.2, 0) is 32.6 Å². The molecule has 3 amide bonds. The Morgan fingerprint density at radius 2 is 1.60 bits per heavy atom. The highest BCUT2D eigenvalue weighted by atomic mass is 35.5. The maximum absolute atomic E-state index is 13.8. The van der Waals surface area contributed by atoms with Crippen LogP contribution in [0.1, 0.15) is 41.3 Å². The fourth-order valence-corrected chi connectivity index (χ4v) is 6.79. The van der Waals surface area contributed by atoms with Gasteiger partial charge in [-0.25, -0.2) is 12.7 Å². The Balaban J connectivity index is 1.59. The standard InChI is InChI=1S/C29H29Cl2N3O5S/c1-2-32-28(36)25(18-20-10-4-3-5-11-20)33(19-22-23(30)13-8-14-24(22)31)27(35)16-9-17-34-29(37)21-12-6-7-15-26(21)40(34,38)39/h3-8,10-15,25H,2,9,16-19H2,1H3,(H,32,36). The van der Waals surface area contributed by atoms with Crippen LogP contribution in [0.5, 0.6) is 0 Å². The van der Waals surface area contributed by atoms with Gasteiger partial charge in [0.2, 0.25) is 11.8 Å². The van der Waals surface area contributed by atoms with Crippen molar-refractivity contribution in [2.75, 3.05) is 13.1 Å². The van der Waals surface area contributed by atoms with Crippen molar-refractivity contribution in [1.29, 1.82) is 0 Å². The summed E-state index contributed by atoms with van der Waals surface area (Å²) in [4.78, 5) is 41.2. The Bertz CT molecular complexity index is 1490. The first kappa shape index (κ1) is 29.6. The average Bonchev–Trinajstić information content (AvgIpc) is 3.13. The van der Waals surface area contributed by atoms with Gasteiger partial charge in [-0.2, -0.15) is 0 Å². The lowest BCUT2D eigenvalue weighted by Crippen LogP contribution is -2.50. The molecule has 4 rings (SSSR count). The number of likely N-dealkylation sites (N-methyl/N-ethyl adjacent to an activating group) is 1. The first-order valence-electron chi connectivity index (χ1n) is 12.8. The molecule has 1 heterocycles. The van der Waals surface area contributed by atoms with Gasteiger partial charge in [0.1, 0.15) is 10.9 Å². The third-order valence-corrected chi connectivity index (χ3v) is 9.22. The molecule has 0 spiro atoms. The number of fused-ring (bicyclic) bond motifs is 1. The minimum atomic E-state index is -3.99. The summed E-state index contributed by atoms with van der Waals surface area (Å²) in [5.74, 6) is -1.35. The third kappa shape index (κ3) is 6.32. The third-order valence-electron chi connectivity index (χ3n) is 6.68. The molecule has 3 aromatic rings. The summed E-state index contributed by atoms with van der Waals surface area (Å²) in [5, 5.41) is 3.52. The zero-order chi connectivity index (χ0) is 28.9. The Morgan fingerprint density at radius 1 is 0.950 bits per heavy atom. The fourth-order valence-electron chi connectivity index (χ4n) is 4.67. The number of carbonyl (C=O) groups is 3. The van der Waals surface area contributed by atoms with E-state index in [1.807, 2.05) is 30.3 Å². The first-order valence-corrected chi connectivity index (χ1v) is 15.0. The molecular formula is C29H29Cl2N3O5S. The highest BCUT2D eigenvalue weighted by molar-refractivity contribution is 7.90. The normalized spacial score (nSPS) is 14.5. The summed E-state index contributed by atoms with van der Waals surface area (Å²) < 4.78 is 26.6. The van der Waals surface area contributed by atoms with Crippen LogP contribution in [-0.4, -0.2) is 54.5 Å². The molecule has 3 aromatic carbocycles. The smallest absolute Gasteiger partial charge is 0.269 e. The number of halogens is 2. The zero-order valence-electron chi connectivity index (χ0n) is 21.8. The molecule has 210 valence electrons. The number of benzene rings is 3. The topological polar surface area (TPSA) is 104 Å². The number of nitrogens with zero attached hydrogens (tertiary/aromatic N) is 2. The van der Waals surface area contributed by atoms with E-state index < -0.39 is 27.9 Å². The van der Waals surface area contributed by atoms with Gasteiger partial charge in [-0.15, -0.1) is 0 Å². The van der Waals surface area contributed by atoms with Crippen molar-refractivity contribution in [2.24, 2.45) is 0 Å². The summed E-state index contributed by atoms with van der Waals surface area (Å²) in [5.41, 5.74) is 1.46. The van der Waals surface area contributed by atoms with Crippen molar-refractivity contribution in [1.82, 2.24) is 14.5 Å². The molecule has 0 aliphatic carbocycles. The van der Waals surface area contributed by atoms with Gasteiger partial charge in [-0.1, -0.05) is 71.7 Å². The predicted octanol–water partition coefficient (Wildman–Crippen LogP) is 4.69. The molecule has 0 saturated carbocycles. The Hall–Kier alpha value is -3.40. The number of carbonyl (C=O) groups excluding carboxylic acids is 3. The number of sulfonamides is 1. The molecule has 11 heteroatoms. The summed E-state index contributed by atoms with van der Waals surface area (Å²) in [7, 11) is -3.99. The second-order valence-electron chi connectivity index (χ2n) is 9.30. The Morgan fingerprint density at radius 3 is 2.25 bits per heavy atom. The molecule has 1 unspecified atom stereocenters. The molecule has 0 bridgehead atoms. The van der Waals surface area contributed by atoms with Gasteiger partial charge in [0.25, 0.3) is 15.9 Å². The molecule has 0 fully saturated rings. The van der Waals surface area contributed by atoms with E-state index in [0.29, 0.717) is 22.2 Å². The quantitative estimate of drug-likeness (QED) is 0.343. The van der Waals surface area contributed by atoms with E-state index >= 15 is 0 Å². The van der Waals surface area contributed by atoms with Crippen LogP contribution in [0.4, 0.5) is 0 Å². The molecule has 1 aliphatic rings. The second-order valence-corrected chi connectivity index (χ2v) is 11.9. The van der Waals surface area contributed by atoms with Gasteiger partial charge < -0.3 is 10.2 Å². The average molecular weight is 603 g/mol. The molecule has 1 aliphatic heterocycles. The summed E-state index contributed by atoms with van der Waals surface area (Å²) in [6, 6.07) is 19.5. The van der Waals surface area contributed by atoms with Gasteiger partial charge >= 0.3 is 0 Å². The highest BCUT2D eigenvalue weighted by Crippen LogP contribution is 2.31. The predicted molar refractivity (Wildman–Crippen MR) is 154 cm³/mol. The maximum atomic E-state index is 13.8. The molecule has 40 heavy (non-hydrogen) atoms. The van der Waals surface area contributed by atoms with E-state index in [1.54, 1.807) is 37.3 Å². The largest absolute Gasteiger partial charge is 0.355 e. The molecule has 1 atom stereocenters. The SMILES string of the molecule is CCNC(=O)C(Cc1ccccc1)N(Cc1c(Cl)cccc1Cl)C(=O)CCCN1C(=O)c2ccccc2S1(=O)=O. The zero-order valence-corrected chi connectivity index (χ0v) is 24.2. The summed E-state index contributed by atoms with van der Waals surface area (Å²) in [6.07, 6.45) is 0.204. The van der Waals surface area contributed by atoms with E-state index in [2.05, 4.69) is 5.32 Å². The van der Waals surface area contributed by atoms with Gasteiger partial charge in [0, 0.05) is 48.1 Å². The lowest BCUT2D eigenvalue weighted by Gasteiger charge is -2.32.